The van der Waals surface area contributed by atoms with Crippen molar-refractivity contribution in [2.45, 2.75) is 32.7 Å². The molecule has 0 spiro atoms. The summed E-state index contributed by atoms with van der Waals surface area (Å²) in [5.74, 6) is 7.63. The Morgan fingerprint density at radius 3 is 2.81 bits per heavy atom. The molecule has 84 valence electrons. The molecule has 1 fully saturated rings. The first-order valence-electron chi connectivity index (χ1n) is 5.59. The highest BCUT2D eigenvalue weighted by molar-refractivity contribution is 6.33. The molecule has 0 atom stereocenters. The van der Waals surface area contributed by atoms with Gasteiger partial charge in [0.05, 0.1) is 5.02 Å². The fraction of sp³-hybridized carbons (Fsp3) is 0.462. The Hall–Kier alpha value is -1.20. The molecule has 1 N–H and O–H groups in total. The number of pyridine rings is 1. The zero-order valence-electron chi connectivity index (χ0n) is 9.55. The van der Waals surface area contributed by atoms with Gasteiger partial charge in [0.25, 0.3) is 0 Å². The van der Waals surface area contributed by atoms with Crippen LogP contribution in [0.2, 0.25) is 5.02 Å². The first-order valence-corrected chi connectivity index (χ1v) is 5.96. The van der Waals surface area contributed by atoms with E-state index in [1.807, 2.05) is 6.07 Å². The van der Waals surface area contributed by atoms with Crippen molar-refractivity contribution < 1.29 is 0 Å². The maximum Gasteiger partial charge on any atom is 0.145 e. The fourth-order valence-electron chi connectivity index (χ4n) is 1.30. The third-order valence-corrected chi connectivity index (χ3v) is 2.55. The number of nitrogens with zero attached hydrogens (tertiary/aromatic N) is 1. The van der Waals surface area contributed by atoms with Gasteiger partial charge < -0.3 is 5.32 Å². The van der Waals surface area contributed by atoms with E-state index in [1.54, 1.807) is 6.20 Å². The monoisotopic (exact) mass is 234 g/mol. The van der Waals surface area contributed by atoms with Gasteiger partial charge in [-0.05, 0) is 32.8 Å². The second-order valence-corrected chi connectivity index (χ2v) is 4.80. The first kappa shape index (κ1) is 11.3. The Balaban J connectivity index is 2.12. The van der Waals surface area contributed by atoms with Gasteiger partial charge in [0.1, 0.15) is 5.82 Å². The number of anilines is 1. The van der Waals surface area contributed by atoms with Gasteiger partial charge in [-0.3, -0.25) is 0 Å². The maximum atomic E-state index is 6.11. The predicted molar refractivity (Wildman–Crippen MR) is 67.6 cm³/mol. The summed E-state index contributed by atoms with van der Waals surface area (Å²) in [7, 11) is 0. The Kier molecular flexibility index (Phi) is 3.36. The molecule has 0 bridgehead atoms. The van der Waals surface area contributed by atoms with Crippen LogP contribution in [0.1, 0.15) is 32.3 Å². The van der Waals surface area contributed by atoms with E-state index >= 15 is 0 Å². The van der Waals surface area contributed by atoms with Crippen molar-refractivity contribution in [3.8, 4) is 11.8 Å². The minimum Gasteiger partial charge on any atom is -0.367 e. The number of halogens is 1. The summed E-state index contributed by atoms with van der Waals surface area (Å²) in [6.45, 7) is 4.11. The molecule has 0 saturated heterocycles. The molecule has 0 amide bonds. The highest BCUT2D eigenvalue weighted by Gasteiger charge is 2.17. The summed E-state index contributed by atoms with van der Waals surface area (Å²) in [6, 6.07) is 2.20. The summed E-state index contributed by atoms with van der Waals surface area (Å²) in [5.41, 5.74) is 0.895. The lowest BCUT2D eigenvalue weighted by Gasteiger charge is -2.10. The Bertz CT molecular complexity index is 439. The average molecular weight is 235 g/mol. The second-order valence-electron chi connectivity index (χ2n) is 4.40. The molecule has 1 heterocycles. The molecule has 0 aliphatic heterocycles. The molecule has 0 aromatic carbocycles. The van der Waals surface area contributed by atoms with E-state index < -0.39 is 0 Å². The van der Waals surface area contributed by atoms with Gasteiger partial charge in [0, 0.05) is 23.7 Å². The Morgan fingerprint density at radius 1 is 1.50 bits per heavy atom. The lowest BCUT2D eigenvalue weighted by atomic mass is 10.2. The van der Waals surface area contributed by atoms with Crippen LogP contribution in [0.5, 0.6) is 0 Å². The van der Waals surface area contributed by atoms with Crippen molar-refractivity contribution in [2.75, 3.05) is 5.32 Å². The SMILES string of the molecule is CC(C)Nc1ncc(C#CC2CC2)cc1Cl. The van der Waals surface area contributed by atoms with Crippen LogP contribution in [-0.2, 0) is 0 Å². The molecule has 1 aliphatic carbocycles. The molecule has 1 aliphatic rings. The number of nitrogens with one attached hydrogen (secondary N) is 1. The van der Waals surface area contributed by atoms with E-state index in [0.29, 0.717) is 17.0 Å². The number of aromatic nitrogens is 1. The van der Waals surface area contributed by atoms with Crippen LogP contribution >= 0.6 is 11.6 Å². The number of hydrogen-bond acceptors (Lipinski definition) is 2. The molecule has 0 unspecified atom stereocenters. The minimum atomic E-state index is 0.327. The van der Waals surface area contributed by atoms with Crippen molar-refractivity contribution >= 4 is 17.4 Å². The standard InChI is InChI=1S/C13H15ClN2/c1-9(2)16-13-12(14)7-11(8-15-13)6-5-10-3-4-10/h7-10H,3-4H2,1-2H3,(H,15,16). The topological polar surface area (TPSA) is 24.9 Å². The Labute approximate surface area is 101 Å². The summed E-state index contributed by atoms with van der Waals surface area (Å²) in [5, 5.41) is 3.82. The van der Waals surface area contributed by atoms with Crippen LogP contribution in [0.4, 0.5) is 5.82 Å². The molecule has 0 radical (unpaired) electrons. The molecule has 2 rings (SSSR count). The van der Waals surface area contributed by atoms with Crippen LogP contribution in [-0.4, -0.2) is 11.0 Å². The zero-order chi connectivity index (χ0) is 11.5. The van der Waals surface area contributed by atoms with Gasteiger partial charge in [-0.2, -0.15) is 0 Å². The van der Waals surface area contributed by atoms with E-state index in [2.05, 4.69) is 36.0 Å². The lowest BCUT2D eigenvalue weighted by Crippen LogP contribution is -2.11. The van der Waals surface area contributed by atoms with Gasteiger partial charge in [-0.15, -0.1) is 0 Å². The second kappa shape index (κ2) is 4.76. The van der Waals surface area contributed by atoms with E-state index in [0.717, 1.165) is 11.4 Å². The van der Waals surface area contributed by atoms with Crippen LogP contribution in [0.3, 0.4) is 0 Å². The maximum absolute atomic E-state index is 6.11. The van der Waals surface area contributed by atoms with Crippen molar-refractivity contribution in [1.82, 2.24) is 4.98 Å². The molecule has 3 heteroatoms. The normalized spacial score (nSPS) is 14.5. The van der Waals surface area contributed by atoms with Crippen molar-refractivity contribution in [3.05, 3.63) is 22.8 Å². The molecule has 1 saturated carbocycles. The van der Waals surface area contributed by atoms with Crippen LogP contribution in [0.15, 0.2) is 12.3 Å². The average Bonchev–Trinajstić information content (AvgIpc) is 3.02. The fourth-order valence-corrected chi connectivity index (χ4v) is 1.52. The predicted octanol–water partition coefficient (Wildman–Crippen LogP) is 3.32. The zero-order valence-corrected chi connectivity index (χ0v) is 10.3. The molecule has 16 heavy (non-hydrogen) atoms. The number of hydrogen-bond donors (Lipinski definition) is 1. The van der Waals surface area contributed by atoms with Gasteiger partial charge >= 0.3 is 0 Å². The van der Waals surface area contributed by atoms with E-state index in [-0.39, 0.29) is 0 Å². The highest BCUT2D eigenvalue weighted by atomic mass is 35.5. The molecule has 1 aromatic rings. The van der Waals surface area contributed by atoms with E-state index in [1.165, 1.54) is 12.8 Å². The van der Waals surface area contributed by atoms with Crippen molar-refractivity contribution in [1.29, 1.82) is 0 Å². The van der Waals surface area contributed by atoms with Crippen molar-refractivity contribution in [2.24, 2.45) is 5.92 Å². The first-order chi connectivity index (χ1) is 7.65. The summed E-state index contributed by atoms with van der Waals surface area (Å²) < 4.78 is 0. The Morgan fingerprint density at radius 2 is 2.25 bits per heavy atom. The molecule has 1 aromatic heterocycles. The van der Waals surface area contributed by atoms with Gasteiger partial charge in [-0.1, -0.05) is 23.4 Å². The van der Waals surface area contributed by atoms with E-state index in [4.69, 9.17) is 11.6 Å². The molecule has 2 nitrogen and oxygen atoms in total. The van der Waals surface area contributed by atoms with Crippen LogP contribution in [0.25, 0.3) is 0 Å². The largest absolute Gasteiger partial charge is 0.367 e. The smallest absolute Gasteiger partial charge is 0.145 e. The third-order valence-electron chi connectivity index (χ3n) is 2.26. The van der Waals surface area contributed by atoms with Crippen molar-refractivity contribution in [3.63, 3.8) is 0 Å². The molecular weight excluding hydrogens is 220 g/mol. The van der Waals surface area contributed by atoms with Gasteiger partial charge in [-0.25, -0.2) is 4.98 Å². The summed E-state index contributed by atoms with van der Waals surface area (Å²) >= 11 is 6.11. The lowest BCUT2D eigenvalue weighted by molar-refractivity contribution is 0.889. The summed E-state index contributed by atoms with van der Waals surface area (Å²) in [4.78, 5) is 4.27. The van der Waals surface area contributed by atoms with Crippen LogP contribution in [0, 0.1) is 17.8 Å². The van der Waals surface area contributed by atoms with Crippen LogP contribution < -0.4 is 5.32 Å². The van der Waals surface area contributed by atoms with E-state index in [9.17, 15) is 0 Å². The highest BCUT2D eigenvalue weighted by Crippen LogP contribution is 2.27. The van der Waals surface area contributed by atoms with Gasteiger partial charge in [0.2, 0.25) is 0 Å². The molecular formula is C13H15ClN2. The quantitative estimate of drug-likeness (QED) is 0.795. The minimum absolute atomic E-state index is 0.327. The van der Waals surface area contributed by atoms with Gasteiger partial charge in [0.15, 0.2) is 0 Å². The number of rotatable bonds is 2. The third kappa shape index (κ3) is 3.15. The summed E-state index contributed by atoms with van der Waals surface area (Å²) in [6.07, 6.45) is 4.24.